The molecule has 0 atom stereocenters. The lowest BCUT2D eigenvalue weighted by Gasteiger charge is -2.23. The van der Waals surface area contributed by atoms with Gasteiger partial charge in [0.25, 0.3) is 0 Å². The molecule has 0 saturated heterocycles. The van der Waals surface area contributed by atoms with Gasteiger partial charge in [-0.1, -0.05) is 172 Å². The van der Waals surface area contributed by atoms with Crippen LogP contribution in [0.1, 0.15) is 49.9 Å². The predicted molar refractivity (Wildman–Crippen MR) is 266 cm³/mol. The van der Waals surface area contributed by atoms with Crippen LogP contribution in [0.15, 0.2) is 168 Å². The van der Waals surface area contributed by atoms with Crippen molar-refractivity contribution in [3.05, 3.63) is 186 Å². The Kier molecular flexibility index (Phi) is 8.09. The molecule has 0 bridgehead atoms. The molecule has 10 aromatic rings. The van der Waals surface area contributed by atoms with E-state index in [0.29, 0.717) is 17.5 Å². The van der Waals surface area contributed by atoms with Crippen LogP contribution in [-0.4, -0.2) is 30.6 Å². The Balaban J connectivity index is 1.11. The second-order valence-corrected chi connectivity index (χ2v) is 18.6. The van der Waals surface area contributed by atoms with Crippen LogP contribution in [0.3, 0.4) is 0 Å². The summed E-state index contributed by atoms with van der Waals surface area (Å²) in [4.78, 5) is 15.4. The lowest BCUT2D eigenvalue weighted by molar-refractivity contribution is 0.660. The number of hydrogen-bond acceptors (Lipinski definition) is 4. The minimum atomic E-state index is -0.158. The van der Waals surface area contributed by atoms with Crippen LogP contribution in [0.5, 0.6) is 0 Å². The van der Waals surface area contributed by atoms with Crippen molar-refractivity contribution in [2.75, 3.05) is 0 Å². The maximum atomic E-state index is 7.06. The summed E-state index contributed by atoms with van der Waals surface area (Å²) in [6.07, 6.45) is 0. The van der Waals surface area contributed by atoms with E-state index in [-0.39, 0.29) is 10.8 Å². The molecule has 63 heavy (non-hydrogen) atoms. The molecular formula is C57H43B2N3O. The summed E-state index contributed by atoms with van der Waals surface area (Å²) < 4.78 is 7.06. The Bertz CT molecular complexity index is 3480. The van der Waals surface area contributed by atoms with Crippen LogP contribution in [0.4, 0.5) is 0 Å². The van der Waals surface area contributed by atoms with E-state index in [2.05, 4.69) is 165 Å². The highest BCUT2D eigenvalue weighted by Crippen LogP contribution is 2.52. The van der Waals surface area contributed by atoms with Gasteiger partial charge in [0.1, 0.15) is 26.9 Å². The van der Waals surface area contributed by atoms with Crippen LogP contribution in [0.25, 0.3) is 101 Å². The van der Waals surface area contributed by atoms with E-state index < -0.39 is 0 Å². The van der Waals surface area contributed by atoms with Crippen molar-refractivity contribution in [3.63, 3.8) is 0 Å². The molecule has 0 saturated carbocycles. The summed E-state index contributed by atoms with van der Waals surface area (Å²) in [7, 11) is 4.37. The Labute approximate surface area is 369 Å². The molecule has 0 aliphatic heterocycles. The fourth-order valence-electron chi connectivity index (χ4n) is 10.5. The molecule has 2 aromatic heterocycles. The average Bonchev–Trinajstić information content (AvgIpc) is 3.88. The number of benzene rings is 8. The van der Waals surface area contributed by atoms with Crippen molar-refractivity contribution < 1.29 is 4.42 Å². The highest BCUT2D eigenvalue weighted by Gasteiger charge is 2.37. The van der Waals surface area contributed by atoms with E-state index in [1.54, 1.807) is 0 Å². The highest BCUT2D eigenvalue weighted by molar-refractivity contribution is 6.33. The van der Waals surface area contributed by atoms with Gasteiger partial charge in [-0.05, 0) is 91.5 Å². The van der Waals surface area contributed by atoms with Crippen molar-refractivity contribution in [3.8, 4) is 78.7 Å². The molecule has 2 aliphatic carbocycles. The molecule has 0 unspecified atom stereocenters. The average molecular weight is 808 g/mol. The van der Waals surface area contributed by atoms with Crippen molar-refractivity contribution >= 4 is 48.6 Å². The van der Waals surface area contributed by atoms with E-state index in [1.807, 2.05) is 42.5 Å². The maximum absolute atomic E-state index is 7.06. The first kappa shape index (κ1) is 37.5. The van der Waals surface area contributed by atoms with Gasteiger partial charge in [0.15, 0.2) is 17.5 Å². The van der Waals surface area contributed by atoms with Gasteiger partial charge in [0, 0.05) is 43.9 Å². The maximum Gasteiger partial charge on any atom is 0.164 e. The van der Waals surface area contributed by atoms with Crippen molar-refractivity contribution in [2.24, 2.45) is 0 Å². The van der Waals surface area contributed by atoms with Crippen LogP contribution >= 0.6 is 0 Å². The number of nitrogens with zero attached hydrogens (tertiary/aromatic N) is 3. The first-order valence-corrected chi connectivity index (χ1v) is 21.9. The molecule has 8 aromatic carbocycles. The zero-order chi connectivity index (χ0) is 42.8. The molecule has 0 spiro atoms. The summed E-state index contributed by atoms with van der Waals surface area (Å²) >= 11 is 0. The monoisotopic (exact) mass is 807 g/mol. The molecular weight excluding hydrogens is 764 g/mol. The van der Waals surface area contributed by atoms with Gasteiger partial charge < -0.3 is 4.42 Å². The van der Waals surface area contributed by atoms with E-state index in [9.17, 15) is 0 Å². The summed E-state index contributed by atoms with van der Waals surface area (Å²) in [6.45, 7) is 9.43. The molecule has 298 valence electrons. The van der Waals surface area contributed by atoms with Gasteiger partial charge in [0.05, 0.1) is 0 Å². The standard InChI is InChI=1S/C57H43B2N3O/c1-56(2)46-28-34(18-22-39(46)41-24-20-37(58)30-48(41)56)36-26-44(35-19-23-40-42-25-21-38(59)31-49(42)57(3,4)47(40)29-35)52-45(27-36)51-43(16-11-17-50(51)63-52)55-61-53(32-12-7-5-8-13-32)60-54(62-55)33-14-9-6-10-15-33/h5-31H,58-59H2,1-4H3. The molecule has 0 radical (unpaired) electrons. The largest absolute Gasteiger partial charge is 0.455 e. The van der Waals surface area contributed by atoms with E-state index in [1.165, 1.54) is 61.0 Å². The zero-order valence-corrected chi connectivity index (χ0v) is 36.3. The second kappa shape index (κ2) is 13.6. The molecule has 2 aliphatic rings. The van der Waals surface area contributed by atoms with Crippen LogP contribution < -0.4 is 10.9 Å². The second-order valence-electron chi connectivity index (χ2n) is 18.6. The summed E-state index contributed by atoms with van der Waals surface area (Å²) in [5, 5.41) is 2.00. The van der Waals surface area contributed by atoms with E-state index in [0.717, 1.165) is 55.3 Å². The topological polar surface area (TPSA) is 51.8 Å². The minimum Gasteiger partial charge on any atom is -0.455 e. The smallest absolute Gasteiger partial charge is 0.164 e. The molecule has 2 heterocycles. The Hall–Kier alpha value is -7.30. The Morgan fingerprint density at radius 2 is 0.873 bits per heavy atom. The Morgan fingerprint density at radius 3 is 1.44 bits per heavy atom. The van der Waals surface area contributed by atoms with Crippen molar-refractivity contribution in [2.45, 2.75) is 38.5 Å². The molecule has 12 rings (SSSR count). The molecule has 6 heteroatoms. The molecule has 4 nitrogen and oxygen atoms in total. The first-order chi connectivity index (χ1) is 30.5. The van der Waals surface area contributed by atoms with Gasteiger partial charge in [-0.15, -0.1) is 0 Å². The van der Waals surface area contributed by atoms with Gasteiger partial charge in [-0.25, -0.2) is 15.0 Å². The predicted octanol–water partition coefficient (Wildman–Crippen LogP) is 11.2. The minimum absolute atomic E-state index is 0.139. The van der Waals surface area contributed by atoms with Gasteiger partial charge >= 0.3 is 0 Å². The highest BCUT2D eigenvalue weighted by atomic mass is 16.3. The Morgan fingerprint density at radius 1 is 0.381 bits per heavy atom. The number of hydrogen-bond donors (Lipinski definition) is 0. The van der Waals surface area contributed by atoms with Crippen LogP contribution in [0.2, 0.25) is 0 Å². The number of fused-ring (bicyclic) bond motifs is 9. The van der Waals surface area contributed by atoms with Crippen LogP contribution in [0, 0.1) is 0 Å². The molecule has 0 fully saturated rings. The summed E-state index contributed by atoms with van der Waals surface area (Å²) in [5.41, 5.74) is 21.8. The van der Waals surface area contributed by atoms with E-state index >= 15 is 0 Å². The molecule has 0 amide bonds. The third kappa shape index (κ3) is 5.74. The fourth-order valence-corrected chi connectivity index (χ4v) is 10.5. The molecule has 0 N–H and O–H groups in total. The van der Waals surface area contributed by atoms with Crippen molar-refractivity contribution in [1.82, 2.24) is 15.0 Å². The van der Waals surface area contributed by atoms with Gasteiger partial charge in [-0.3, -0.25) is 0 Å². The fraction of sp³-hybridized carbons (Fsp3) is 0.105. The number of rotatable bonds is 5. The third-order valence-electron chi connectivity index (χ3n) is 13.8. The first-order valence-electron chi connectivity index (χ1n) is 21.9. The normalized spacial score (nSPS) is 14.1. The number of furan rings is 1. The van der Waals surface area contributed by atoms with Crippen LogP contribution in [-0.2, 0) is 10.8 Å². The summed E-state index contributed by atoms with van der Waals surface area (Å²) in [5.74, 6) is 1.85. The zero-order valence-electron chi connectivity index (χ0n) is 36.3. The summed E-state index contributed by atoms with van der Waals surface area (Å²) in [6, 6.07) is 59.1. The lowest BCUT2D eigenvalue weighted by atomic mass is 9.79. The van der Waals surface area contributed by atoms with Gasteiger partial charge in [-0.2, -0.15) is 0 Å². The third-order valence-corrected chi connectivity index (χ3v) is 13.8. The lowest BCUT2D eigenvalue weighted by Crippen LogP contribution is -2.17. The van der Waals surface area contributed by atoms with E-state index in [4.69, 9.17) is 19.4 Å². The quantitative estimate of drug-likeness (QED) is 0.163. The van der Waals surface area contributed by atoms with Gasteiger partial charge in [0.2, 0.25) is 0 Å². The van der Waals surface area contributed by atoms with Crippen molar-refractivity contribution in [1.29, 1.82) is 0 Å². The SMILES string of the molecule is Bc1ccc2c(c1)C(C)(C)c1cc(-c3cc(-c4ccc5c(c4)C(C)(C)c4cc(B)ccc4-5)c4oc5cccc(-c6nc(-c7ccccc7)nc(-c7ccccc7)n6)c5c4c3)ccc1-2. The number of aromatic nitrogens is 3.